The zero-order chi connectivity index (χ0) is 74.0. The Bertz CT molecular complexity index is 7230. The Labute approximate surface area is 645 Å². The van der Waals surface area contributed by atoms with Gasteiger partial charge >= 0.3 is 0 Å². The number of hydrogen-bond acceptors (Lipinski definition) is 6. The van der Waals surface area contributed by atoms with Crippen molar-refractivity contribution >= 4 is 87.2 Å². The Morgan fingerprint density at radius 1 is 0.152 bits per heavy atom. The van der Waals surface area contributed by atoms with Gasteiger partial charge in [0.25, 0.3) is 0 Å². The zero-order valence-electron chi connectivity index (χ0n) is 60.6. The van der Waals surface area contributed by atoms with Crippen LogP contribution in [0.2, 0.25) is 0 Å². The monoisotopic (exact) mass is 1430 g/mol. The van der Waals surface area contributed by atoms with E-state index in [9.17, 15) is 0 Å². The minimum atomic E-state index is 0.626. The predicted molar refractivity (Wildman–Crippen MR) is 460 cm³/mol. The number of hydrogen-bond donors (Lipinski definition) is 0. The van der Waals surface area contributed by atoms with Crippen LogP contribution in [0.4, 0.5) is 0 Å². The smallest absolute Gasteiger partial charge is 0.164 e. The van der Waals surface area contributed by atoms with Crippen LogP contribution >= 0.6 is 0 Å². The number of aromatic nitrogens is 10. The molecule has 0 bridgehead atoms. The molecule has 112 heavy (non-hydrogen) atoms. The SMILES string of the molecule is c1ccc(-c2nc(-c3ccccc3)nc(-c3cccc(-n4c5ccccc5c5c(-c6ccc7c(c6)c6ccccc6n7-c6ccccc6)cccc54)c3)n2)cc1.c1ccc(-c2nc(-c3ccccc3)nc(-c3cccc(-n4c5ccccc5c5c(-c6cccc7c8ccccc8n(-c8ccccc8)c67)cccc54)c3)n2)cc1. The highest BCUT2D eigenvalue weighted by Crippen LogP contribution is 2.46. The first-order valence-corrected chi connectivity index (χ1v) is 37.8. The maximum Gasteiger partial charge on any atom is 0.164 e. The predicted octanol–water partition coefficient (Wildman–Crippen LogP) is 25.5. The molecule has 0 saturated heterocycles. The van der Waals surface area contributed by atoms with Gasteiger partial charge in [-0.2, -0.15) is 0 Å². The molecule has 0 amide bonds. The molecule has 0 aliphatic rings. The van der Waals surface area contributed by atoms with Crippen molar-refractivity contribution in [1.29, 1.82) is 0 Å². The summed E-state index contributed by atoms with van der Waals surface area (Å²) < 4.78 is 9.53. The standard InChI is InChI=1S/2C51H33N5/c1-4-17-34(18-5-1)49-52-50(35-19-6-2-7-20-35)54-51(53-49)36-21-14-24-38(33-36)55-45-31-13-11-26-43(45)47-40(27-16-32-46(47)55)42-29-15-28-41-39-25-10-12-30-44(39)56(48(41)42)37-22-8-3-9-23-37;1-4-16-34(17-5-1)49-52-50(35-18-6-2-7-19-35)54-51(53-49)37-20-14-23-39(32-37)56-45-28-13-11-25-42(45)48-40(26-15-29-47(48)56)36-30-31-46-43(33-36)41-24-10-12-27-44(41)55(46)38-21-8-3-9-22-38/h2*1-33H. The second-order valence-electron chi connectivity index (χ2n) is 28.1. The summed E-state index contributed by atoms with van der Waals surface area (Å²) in [5.41, 5.74) is 24.1. The highest BCUT2D eigenvalue weighted by molar-refractivity contribution is 6.21. The van der Waals surface area contributed by atoms with Gasteiger partial charge in [0.15, 0.2) is 34.9 Å². The molecule has 0 fully saturated rings. The van der Waals surface area contributed by atoms with E-state index in [4.69, 9.17) is 29.9 Å². The Balaban J connectivity index is 0.000000141. The van der Waals surface area contributed by atoms with Crippen LogP contribution in [0.3, 0.4) is 0 Å². The second-order valence-corrected chi connectivity index (χ2v) is 28.1. The summed E-state index contributed by atoms with van der Waals surface area (Å²) in [5, 5.41) is 9.78. The van der Waals surface area contributed by atoms with Crippen LogP contribution in [0.25, 0.3) is 201 Å². The lowest BCUT2D eigenvalue weighted by molar-refractivity contribution is 1.07. The molecule has 0 radical (unpaired) electrons. The molecule has 0 saturated carbocycles. The maximum absolute atomic E-state index is 5.05. The fourth-order valence-electron chi connectivity index (χ4n) is 16.6. The number of nitrogens with zero attached hydrogens (tertiary/aromatic N) is 10. The highest BCUT2D eigenvalue weighted by Gasteiger charge is 2.25. The molecule has 0 unspecified atom stereocenters. The van der Waals surface area contributed by atoms with Crippen molar-refractivity contribution in [3.63, 3.8) is 0 Å². The van der Waals surface area contributed by atoms with Crippen molar-refractivity contribution < 1.29 is 0 Å². The molecular weight excluding hydrogens is 1370 g/mol. The average molecular weight is 1430 g/mol. The molecule has 0 atom stereocenters. The lowest BCUT2D eigenvalue weighted by Gasteiger charge is -2.13. The van der Waals surface area contributed by atoms with E-state index >= 15 is 0 Å². The van der Waals surface area contributed by atoms with Crippen LogP contribution in [0.15, 0.2) is 400 Å². The van der Waals surface area contributed by atoms with E-state index in [1.807, 2.05) is 121 Å². The molecule has 6 heterocycles. The summed E-state index contributed by atoms with van der Waals surface area (Å²) in [4.78, 5) is 30.0. The van der Waals surface area contributed by atoms with E-state index < -0.39 is 0 Å². The van der Waals surface area contributed by atoms with E-state index in [2.05, 4.69) is 297 Å². The molecule has 0 N–H and O–H groups in total. The fourth-order valence-corrected chi connectivity index (χ4v) is 16.6. The van der Waals surface area contributed by atoms with Crippen molar-refractivity contribution in [1.82, 2.24) is 48.2 Å². The Morgan fingerprint density at radius 3 is 0.902 bits per heavy atom. The van der Waals surface area contributed by atoms with Crippen LogP contribution < -0.4 is 0 Å². The second kappa shape index (κ2) is 27.5. The number of benzene rings is 16. The molecule has 524 valence electrons. The van der Waals surface area contributed by atoms with E-state index in [1.165, 1.54) is 87.4 Å². The van der Waals surface area contributed by atoms with Gasteiger partial charge in [-0.1, -0.05) is 303 Å². The van der Waals surface area contributed by atoms with Crippen molar-refractivity contribution in [2.75, 3.05) is 0 Å². The first-order valence-electron chi connectivity index (χ1n) is 37.8. The average Bonchev–Trinajstić information content (AvgIpc) is 1.60. The Hall–Kier alpha value is -15.3. The summed E-state index contributed by atoms with van der Waals surface area (Å²) in [6.45, 7) is 0. The van der Waals surface area contributed by atoms with Crippen LogP contribution in [-0.2, 0) is 0 Å². The topological polar surface area (TPSA) is 97.1 Å². The molecule has 22 rings (SSSR count). The maximum atomic E-state index is 5.05. The molecular formula is C102H66N10. The normalized spacial score (nSPS) is 11.6. The fraction of sp³-hybridized carbons (Fsp3) is 0. The summed E-state index contributed by atoms with van der Waals surface area (Å²) in [7, 11) is 0. The van der Waals surface area contributed by atoms with Gasteiger partial charge in [-0.25, -0.2) is 29.9 Å². The zero-order valence-corrected chi connectivity index (χ0v) is 60.6. The van der Waals surface area contributed by atoms with Crippen molar-refractivity contribution in [3.8, 4) is 113 Å². The van der Waals surface area contributed by atoms with Gasteiger partial charge in [-0.3, -0.25) is 0 Å². The minimum Gasteiger partial charge on any atom is -0.309 e. The lowest BCUT2D eigenvalue weighted by atomic mass is 9.97. The molecule has 16 aromatic carbocycles. The van der Waals surface area contributed by atoms with Gasteiger partial charge in [0.1, 0.15) is 0 Å². The van der Waals surface area contributed by atoms with Crippen LogP contribution in [-0.4, -0.2) is 48.2 Å². The molecule has 10 nitrogen and oxygen atoms in total. The van der Waals surface area contributed by atoms with E-state index in [0.29, 0.717) is 34.9 Å². The molecule has 6 aromatic heterocycles. The third-order valence-electron chi connectivity index (χ3n) is 21.5. The summed E-state index contributed by atoms with van der Waals surface area (Å²) in [5.74, 6) is 3.83. The summed E-state index contributed by atoms with van der Waals surface area (Å²) in [6, 6.07) is 141. The summed E-state index contributed by atoms with van der Waals surface area (Å²) in [6.07, 6.45) is 0. The lowest BCUT2D eigenvalue weighted by Crippen LogP contribution is -2.01. The van der Waals surface area contributed by atoms with Gasteiger partial charge in [-0.15, -0.1) is 0 Å². The van der Waals surface area contributed by atoms with Gasteiger partial charge in [0.05, 0.1) is 44.1 Å². The highest BCUT2D eigenvalue weighted by atomic mass is 15.1. The van der Waals surface area contributed by atoms with Crippen molar-refractivity contribution in [3.05, 3.63) is 400 Å². The van der Waals surface area contributed by atoms with Crippen LogP contribution in [0.5, 0.6) is 0 Å². The molecule has 0 spiro atoms. The molecule has 0 aliphatic heterocycles. The van der Waals surface area contributed by atoms with Crippen molar-refractivity contribution in [2.45, 2.75) is 0 Å². The third-order valence-corrected chi connectivity index (χ3v) is 21.5. The quantitative estimate of drug-likeness (QED) is 0.121. The van der Waals surface area contributed by atoms with Crippen LogP contribution in [0.1, 0.15) is 0 Å². The first kappa shape index (κ1) is 65.1. The molecule has 0 aliphatic carbocycles. The Kier molecular flexibility index (Phi) is 16.0. The van der Waals surface area contributed by atoms with E-state index in [0.717, 1.165) is 78.2 Å². The summed E-state index contributed by atoms with van der Waals surface area (Å²) >= 11 is 0. The van der Waals surface area contributed by atoms with Gasteiger partial charge in [0, 0.05) is 105 Å². The molecule has 10 heteroatoms. The van der Waals surface area contributed by atoms with Crippen LogP contribution in [0, 0.1) is 0 Å². The number of para-hydroxylation sites is 7. The number of rotatable bonds is 12. The van der Waals surface area contributed by atoms with Gasteiger partial charge in [0.2, 0.25) is 0 Å². The first-order chi connectivity index (χ1) is 55.6. The van der Waals surface area contributed by atoms with E-state index in [1.54, 1.807) is 0 Å². The van der Waals surface area contributed by atoms with Gasteiger partial charge in [-0.05, 0) is 114 Å². The van der Waals surface area contributed by atoms with E-state index in [-0.39, 0.29) is 0 Å². The largest absolute Gasteiger partial charge is 0.309 e. The minimum absolute atomic E-state index is 0.626. The third kappa shape index (κ3) is 11.3. The van der Waals surface area contributed by atoms with Gasteiger partial charge < -0.3 is 18.3 Å². The molecule has 22 aromatic rings. The Morgan fingerprint density at radius 2 is 0.438 bits per heavy atom. The number of fused-ring (bicyclic) bond motifs is 12. The van der Waals surface area contributed by atoms with Crippen molar-refractivity contribution in [2.24, 2.45) is 0 Å².